The number of carboxylic acid groups (broad SMARTS) is 1. The number of carbonyl (C=O) groups is 2. The van der Waals surface area contributed by atoms with Crippen molar-refractivity contribution in [2.45, 2.75) is 25.3 Å². The van der Waals surface area contributed by atoms with Gasteiger partial charge in [-0.05, 0) is 73.1 Å². The number of likely N-dealkylation sites (tertiary alicyclic amines) is 1. The minimum atomic E-state index is -3.23. The van der Waals surface area contributed by atoms with Crippen LogP contribution in [0.2, 0.25) is 0 Å². The Morgan fingerprint density at radius 2 is 1.71 bits per heavy atom. The first-order valence-corrected chi connectivity index (χ1v) is 15.4. The normalized spacial score (nSPS) is 19.9. The molecule has 2 fully saturated rings. The van der Waals surface area contributed by atoms with Gasteiger partial charge in [0.05, 0.1) is 29.9 Å². The average Bonchev–Trinajstić information content (AvgIpc) is 3.61. The molecule has 14 heteroatoms. The van der Waals surface area contributed by atoms with Crippen molar-refractivity contribution in [2.75, 3.05) is 31.2 Å². The van der Waals surface area contributed by atoms with E-state index in [0.717, 1.165) is 24.1 Å². The van der Waals surface area contributed by atoms with E-state index in [0.29, 0.717) is 48.8 Å². The Labute approximate surface area is 243 Å². The van der Waals surface area contributed by atoms with Gasteiger partial charge in [-0.15, -0.1) is 0 Å². The van der Waals surface area contributed by atoms with Gasteiger partial charge < -0.3 is 26.5 Å². The van der Waals surface area contributed by atoms with Crippen LogP contribution in [-0.4, -0.2) is 76.5 Å². The highest BCUT2D eigenvalue weighted by Gasteiger charge is 2.42. The zero-order valence-electron chi connectivity index (χ0n) is 23.1. The number of aromatic amines is 1. The fourth-order valence-corrected chi connectivity index (χ4v) is 6.75. The minimum absolute atomic E-state index is 0.0696. The molecule has 7 N–H and O–H groups in total. The third-order valence-electron chi connectivity index (χ3n) is 7.96. The number of guanidine groups is 1. The van der Waals surface area contributed by atoms with Crippen LogP contribution in [0.3, 0.4) is 0 Å². The summed E-state index contributed by atoms with van der Waals surface area (Å²) in [6, 6.07) is 13.4. The number of amides is 2. The second-order valence-electron chi connectivity index (χ2n) is 10.7. The van der Waals surface area contributed by atoms with Gasteiger partial charge in [-0.1, -0.05) is 12.1 Å². The van der Waals surface area contributed by atoms with Crippen molar-refractivity contribution < 1.29 is 23.1 Å². The molecular weight excluding hydrogens is 560 g/mol. The number of hydrogen-bond donors (Lipinski definition) is 5. The largest absolute Gasteiger partial charge is 0.465 e. The number of piperidine rings is 1. The molecule has 222 valence electrons. The number of benzene rings is 2. The van der Waals surface area contributed by atoms with Crippen molar-refractivity contribution in [3.8, 4) is 11.3 Å². The Kier molecular flexibility index (Phi) is 8.18. The second-order valence-corrected chi connectivity index (χ2v) is 12.7. The van der Waals surface area contributed by atoms with Crippen LogP contribution < -0.4 is 16.8 Å². The van der Waals surface area contributed by atoms with Crippen molar-refractivity contribution in [3.63, 3.8) is 0 Å². The van der Waals surface area contributed by atoms with Crippen molar-refractivity contribution in [3.05, 3.63) is 66.1 Å². The van der Waals surface area contributed by atoms with Gasteiger partial charge in [0.1, 0.15) is 5.82 Å². The number of aromatic nitrogens is 2. The molecule has 5 rings (SSSR count). The third-order valence-corrected chi connectivity index (χ3v) is 9.26. The Bertz CT molecular complexity index is 1570. The van der Waals surface area contributed by atoms with Crippen LogP contribution in [0, 0.1) is 11.8 Å². The molecule has 2 atom stereocenters. The summed E-state index contributed by atoms with van der Waals surface area (Å²) >= 11 is 0. The molecule has 2 amide bonds. The molecule has 42 heavy (non-hydrogen) atoms. The van der Waals surface area contributed by atoms with Gasteiger partial charge in [0.25, 0.3) is 5.91 Å². The number of H-pyrrole nitrogens is 1. The molecular formula is C28H34N8O5S. The van der Waals surface area contributed by atoms with Crippen LogP contribution in [0.15, 0.2) is 59.7 Å². The van der Waals surface area contributed by atoms with Crippen molar-refractivity contribution >= 4 is 39.4 Å². The highest BCUT2D eigenvalue weighted by molar-refractivity contribution is 7.88. The summed E-state index contributed by atoms with van der Waals surface area (Å²) < 4.78 is 25.6. The summed E-state index contributed by atoms with van der Waals surface area (Å²) in [5.74, 6) is 0.890. The van der Waals surface area contributed by atoms with E-state index in [1.54, 1.807) is 54.7 Å². The fraction of sp³-hybridized carbons (Fsp3) is 0.357. The maximum absolute atomic E-state index is 13.8. The van der Waals surface area contributed by atoms with E-state index in [1.165, 1.54) is 10.6 Å². The maximum atomic E-state index is 13.8. The van der Waals surface area contributed by atoms with Gasteiger partial charge in [-0.3, -0.25) is 10.1 Å². The molecule has 2 aliphatic heterocycles. The predicted octanol–water partition coefficient (Wildman–Crippen LogP) is 2.95. The first-order chi connectivity index (χ1) is 20.0. The van der Waals surface area contributed by atoms with E-state index in [-0.39, 0.29) is 29.7 Å². The van der Waals surface area contributed by atoms with Gasteiger partial charge in [0, 0.05) is 30.9 Å². The maximum Gasteiger partial charge on any atom is 0.409 e. The van der Waals surface area contributed by atoms with E-state index in [1.807, 2.05) is 4.90 Å². The number of aliphatic imine (C=N–C) groups is 1. The number of rotatable bonds is 7. The number of carbonyl (C=O) groups excluding carboxylic acids is 1. The number of nitrogens with two attached hydrogens (primary N) is 2. The number of nitrogens with zero attached hydrogens (tertiary/aromatic N) is 4. The van der Waals surface area contributed by atoms with Gasteiger partial charge in [0.2, 0.25) is 10.0 Å². The van der Waals surface area contributed by atoms with Crippen LogP contribution in [0.4, 0.5) is 16.2 Å². The van der Waals surface area contributed by atoms with E-state index >= 15 is 0 Å². The predicted molar refractivity (Wildman–Crippen MR) is 159 cm³/mol. The Balaban J connectivity index is 1.39. The molecule has 0 bridgehead atoms. The molecule has 0 spiro atoms. The molecule has 3 aromatic rings. The molecule has 0 radical (unpaired) electrons. The zero-order chi connectivity index (χ0) is 30.0. The standard InChI is InChI=1S/C28H34N8O5S/c1-42(40,41)35-12-10-17(11-13-35)20-14-24(36(16-20)26(37)19-4-8-21(9-5-19)32-27(29)30)25-31-15-23(34-25)18-2-6-22(7-3-18)33-28(38)39/h2-9,15,17,20,24,33H,10-14,16H2,1H3,(H,31,34)(H,38,39)(H4,29,30,32). The Morgan fingerprint density at radius 3 is 2.31 bits per heavy atom. The minimum Gasteiger partial charge on any atom is -0.465 e. The molecule has 2 unspecified atom stereocenters. The molecule has 13 nitrogen and oxygen atoms in total. The molecule has 2 aliphatic rings. The summed E-state index contributed by atoms with van der Waals surface area (Å²) in [6.07, 6.45) is 3.97. The highest BCUT2D eigenvalue weighted by Crippen LogP contribution is 2.42. The van der Waals surface area contributed by atoms with Crippen LogP contribution in [-0.2, 0) is 10.0 Å². The summed E-state index contributed by atoms with van der Waals surface area (Å²) in [6.45, 7) is 1.47. The highest BCUT2D eigenvalue weighted by atomic mass is 32.2. The molecule has 2 saturated heterocycles. The van der Waals surface area contributed by atoms with Crippen molar-refractivity contribution in [2.24, 2.45) is 28.3 Å². The quantitative estimate of drug-likeness (QED) is 0.203. The fourth-order valence-electron chi connectivity index (χ4n) is 5.88. The summed E-state index contributed by atoms with van der Waals surface area (Å²) in [5.41, 5.74) is 14.0. The average molecular weight is 595 g/mol. The van der Waals surface area contributed by atoms with Crippen LogP contribution in [0.25, 0.3) is 11.3 Å². The van der Waals surface area contributed by atoms with E-state index in [4.69, 9.17) is 16.6 Å². The molecule has 0 aliphatic carbocycles. The number of nitrogens with one attached hydrogen (secondary N) is 2. The summed E-state index contributed by atoms with van der Waals surface area (Å²) in [4.78, 5) is 38.6. The third kappa shape index (κ3) is 6.55. The summed E-state index contributed by atoms with van der Waals surface area (Å²) in [5, 5.41) is 11.3. The van der Waals surface area contributed by atoms with E-state index in [9.17, 15) is 18.0 Å². The molecule has 1 aromatic heterocycles. The van der Waals surface area contributed by atoms with Crippen LogP contribution in [0.5, 0.6) is 0 Å². The smallest absolute Gasteiger partial charge is 0.409 e. The molecule has 2 aromatic carbocycles. The number of hydrogen-bond acceptors (Lipinski definition) is 6. The van der Waals surface area contributed by atoms with Crippen LogP contribution >= 0.6 is 0 Å². The lowest BCUT2D eigenvalue weighted by Gasteiger charge is -2.33. The van der Waals surface area contributed by atoms with Crippen molar-refractivity contribution in [1.29, 1.82) is 0 Å². The molecule has 0 saturated carbocycles. The van der Waals surface area contributed by atoms with E-state index in [2.05, 4.69) is 20.3 Å². The van der Waals surface area contributed by atoms with Gasteiger partial charge in [-0.2, -0.15) is 0 Å². The SMILES string of the molecule is CS(=O)(=O)N1CCC(C2CC(c3ncc(-c4ccc(NC(=O)O)cc4)[nH]3)N(C(=O)c3ccc(N=C(N)N)cc3)C2)CC1. The lowest BCUT2D eigenvalue weighted by molar-refractivity contribution is 0.0720. The van der Waals surface area contributed by atoms with Gasteiger partial charge in [-0.25, -0.2) is 27.5 Å². The van der Waals surface area contributed by atoms with E-state index < -0.39 is 16.1 Å². The monoisotopic (exact) mass is 594 g/mol. The van der Waals surface area contributed by atoms with Crippen LogP contribution in [0.1, 0.15) is 41.5 Å². The second kappa shape index (κ2) is 11.8. The first kappa shape index (κ1) is 29.1. The zero-order valence-corrected chi connectivity index (χ0v) is 23.9. The summed E-state index contributed by atoms with van der Waals surface area (Å²) in [7, 11) is -3.23. The lowest BCUT2D eigenvalue weighted by Crippen LogP contribution is -2.40. The number of sulfonamides is 1. The molecule has 3 heterocycles. The van der Waals surface area contributed by atoms with Gasteiger partial charge >= 0.3 is 6.09 Å². The topological polar surface area (TPSA) is 200 Å². The van der Waals surface area contributed by atoms with Gasteiger partial charge in [0.15, 0.2) is 5.96 Å². The first-order valence-electron chi connectivity index (χ1n) is 13.6. The number of imidazole rings is 1. The lowest BCUT2D eigenvalue weighted by atomic mass is 9.83. The Morgan fingerprint density at radius 1 is 1.05 bits per heavy atom. The number of anilines is 1. The van der Waals surface area contributed by atoms with Crippen molar-refractivity contribution in [1.82, 2.24) is 19.2 Å². The Hall–Kier alpha value is -4.43.